The Morgan fingerprint density at radius 1 is 1.32 bits per heavy atom. The highest BCUT2D eigenvalue weighted by atomic mass is 35.5. The summed E-state index contributed by atoms with van der Waals surface area (Å²) in [6.07, 6.45) is 6.53. The number of piperidine rings is 1. The zero-order valence-electron chi connectivity index (χ0n) is 16.6. The van der Waals surface area contributed by atoms with E-state index in [1.165, 1.54) is 0 Å². The predicted molar refractivity (Wildman–Crippen MR) is 107 cm³/mol. The highest BCUT2D eigenvalue weighted by Gasteiger charge is 2.32. The molecule has 2 rings (SSSR count). The molecular formula is C21H32ClNO5. The van der Waals surface area contributed by atoms with Crippen LogP contribution in [0.3, 0.4) is 0 Å². The van der Waals surface area contributed by atoms with Crippen molar-refractivity contribution in [2.75, 3.05) is 6.54 Å². The van der Waals surface area contributed by atoms with Crippen molar-refractivity contribution in [3.63, 3.8) is 0 Å². The fourth-order valence-corrected chi connectivity index (χ4v) is 4.27. The molecule has 1 saturated heterocycles. The molecule has 0 saturated carbocycles. The van der Waals surface area contributed by atoms with E-state index in [4.69, 9.17) is 21.1 Å². The van der Waals surface area contributed by atoms with E-state index in [2.05, 4.69) is 6.92 Å². The van der Waals surface area contributed by atoms with Gasteiger partial charge in [0.15, 0.2) is 5.22 Å². The van der Waals surface area contributed by atoms with Gasteiger partial charge in [0.25, 0.3) is 0 Å². The summed E-state index contributed by atoms with van der Waals surface area (Å²) in [5, 5.41) is 19.4. The second-order valence-corrected chi connectivity index (χ2v) is 8.25. The van der Waals surface area contributed by atoms with Crippen molar-refractivity contribution < 1.29 is 24.2 Å². The van der Waals surface area contributed by atoms with Gasteiger partial charge in [-0.1, -0.05) is 19.8 Å². The normalized spacial score (nSPS) is 19.6. The number of likely N-dealkylation sites (tertiary alicyclic amines) is 1. The molecule has 0 bridgehead atoms. The van der Waals surface area contributed by atoms with Crippen LogP contribution in [-0.4, -0.2) is 45.7 Å². The van der Waals surface area contributed by atoms with Crippen molar-refractivity contribution in [1.82, 2.24) is 4.90 Å². The van der Waals surface area contributed by atoms with E-state index in [1.54, 1.807) is 12.1 Å². The molecule has 2 heterocycles. The molecule has 7 heteroatoms. The van der Waals surface area contributed by atoms with Crippen LogP contribution in [-0.2, 0) is 16.0 Å². The van der Waals surface area contributed by atoms with Crippen LogP contribution in [0.5, 0.6) is 0 Å². The third-order valence-electron chi connectivity index (χ3n) is 5.52. The maximum absolute atomic E-state index is 12.5. The maximum atomic E-state index is 12.5. The quantitative estimate of drug-likeness (QED) is 0.499. The minimum atomic E-state index is -0.754. The lowest BCUT2D eigenvalue weighted by atomic mass is 9.86. The van der Waals surface area contributed by atoms with Crippen molar-refractivity contribution >= 4 is 23.5 Å². The van der Waals surface area contributed by atoms with Crippen molar-refractivity contribution in [1.29, 1.82) is 0 Å². The lowest BCUT2D eigenvalue weighted by Crippen LogP contribution is -2.48. The van der Waals surface area contributed by atoms with Gasteiger partial charge in [-0.05, 0) is 61.8 Å². The lowest BCUT2D eigenvalue weighted by molar-refractivity contribution is -0.138. The number of carbonyl (C=O) groups is 2. The maximum Gasteiger partial charge on any atom is 0.303 e. The smallest absolute Gasteiger partial charge is 0.303 e. The molecule has 1 amide bonds. The number of amides is 1. The number of aliphatic hydroxyl groups excluding tert-OH is 1. The number of carboxylic acid groups (broad SMARTS) is 1. The average molecular weight is 414 g/mol. The molecule has 1 aliphatic rings. The van der Waals surface area contributed by atoms with Gasteiger partial charge in [-0.15, -0.1) is 0 Å². The Morgan fingerprint density at radius 3 is 2.75 bits per heavy atom. The first-order chi connectivity index (χ1) is 13.4. The third-order valence-corrected chi connectivity index (χ3v) is 5.72. The summed E-state index contributed by atoms with van der Waals surface area (Å²) in [7, 11) is 0. The number of hydrogen-bond donors (Lipinski definition) is 2. The Morgan fingerprint density at radius 2 is 2.07 bits per heavy atom. The fourth-order valence-electron chi connectivity index (χ4n) is 4.10. The Kier molecular flexibility index (Phi) is 9.32. The SMILES string of the molecule is C[C@@H](CC(O)Cc1ccc(Cl)o1)[C@H]1CCCC(=O)N1CCCCCCC(=O)O. The van der Waals surface area contributed by atoms with Gasteiger partial charge in [-0.3, -0.25) is 9.59 Å². The van der Waals surface area contributed by atoms with Crippen LogP contribution < -0.4 is 0 Å². The van der Waals surface area contributed by atoms with E-state index >= 15 is 0 Å². The number of carbonyl (C=O) groups excluding carboxylic acids is 1. The minimum Gasteiger partial charge on any atom is -0.481 e. The number of halogens is 1. The molecule has 2 N–H and O–H groups in total. The van der Waals surface area contributed by atoms with E-state index < -0.39 is 12.1 Å². The fraction of sp³-hybridized carbons (Fsp3) is 0.714. The first-order valence-electron chi connectivity index (χ1n) is 10.3. The summed E-state index contributed by atoms with van der Waals surface area (Å²) < 4.78 is 5.32. The van der Waals surface area contributed by atoms with Gasteiger partial charge in [0.05, 0.1) is 6.10 Å². The van der Waals surface area contributed by atoms with Crippen molar-refractivity contribution in [2.45, 2.75) is 83.3 Å². The molecule has 158 valence electrons. The van der Waals surface area contributed by atoms with Gasteiger partial charge in [0, 0.05) is 31.8 Å². The molecular weight excluding hydrogens is 382 g/mol. The molecule has 1 unspecified atom stereocenters. The van der Waals surface area contributed by atoms with Gasteiger partial charge in [-0.2, -0.15) is 0 Å². The molecule has 1 aromatic heterocycles. The van der Waals surface area contributed by atoms with Crippen LogP contribution in [0.2, 0.25) is 5.22 Å². The van der Waals surface area contributed by atoms with Crippen molar-refractivity contribution in [3.8, 4) is 0 Å². The van der Waals surface area contributed by atoms with Gasteiger partial charge in [0.1, 0.15) is 5.76 Å². The molecule has 0 spiro atoms. The number of unbranched alkanes of at least 4 members (excludes halogenated alkanes) is 3. The second-order valence-electron chi connectivity index (χ2n) is 7.88. The second kappa shape index (κ2) is 11.5. The standard InChI is InChI=1S/C21H32ClNO5/c1-15(13-16(24)14-17-10-11-19(22)28-17)18-7-6-8-20(25)23(18)12-5-3-2-4-9-21(26)27/h10-11,15-16,18,24H,2-9,12-14H2,1H3,(H,26,27)/t15-,16?,18+/m0/s1. The van der Waals surface area contributed by atoms with Crippen LogP contribution in [0.15, 0.2) is 16.5 Å². The van der Waals surface area contributed by atoms with Crippen LogP contribution >= 0.6 is 11.6 Å². The van der Waals surface area contributed by atoms with Gasteiger partial charge >= 0.3 is 5.97 Å². The molecule has 0 aromatic carbocycles. The number of aliphatic hydroxyl groups is 1. The van der Waals surface area contributed by atoms with E-state index in [9.17, 15) is 14.7 Å². The summed E-state index contributed by atoms with van der Waals surface area (Å²) in [6, 6.07) is 3.59. The van der Waals surface area contributed by atoms with Crippen molar-refractivity contribution in [2.24, 2.45) is 5.92 Å². The van der Waals surface area contributed by atoms with Crippen LogP contribution in [0.25, 0.3) is 0 Å². The highest BCUT2D eigenvalue weighted by Crippen LogP contribution is 2.28. The number of aliphatic carboxylic acids is 1. The monoisotopic (exact) mass is 413 g/mol. The Labute approximate surface area is 171 Å². The number of furan rings is 1. The largest absolute Gasteiger partial charge is 0.481 e. The van der Waals surface area contributed by atoms with Crippen molar-refractivity contribution in [3.05, 3.63) is 23.1 Å². The van der Waals surface area contributed by atoms with Gasteiger partial charge < -0.3 is 19.5 Å². The number of hydrogen-bond acceptors (Lipinski definition) is 4. The first kappa shape index (κ1) is 22.8. The van der Waals surface area contributed by atoms with Gasteiger partial charge in [0.2, 0.25) is 5.91 Å². The summed E-state index contributed by atoms with van der Waals surface area (Å²) >= 11 is 5.78. The molecule has 3 atom stereocenters. The molecule has 0 aliphatic carbocycles. The van der Waals surface area contributed by atoms with E-state index in [0.29, 0.717) is 43.2 Å². The summed E-state index contributed by atoms with van der Waals surface area (Å²) in [5.41, 5.74) is 0. The molecule has 28 heavy (non-hydrogen) atoms. The third kappa shape index (κ3) is 7.47. The summed E-state index contributed by atoms with van der Waals surface area (Å²) in [6.45, 7) is 2.81. The predicted octanol–water partition coefficient (Wildman–Crippen LogP) is 4.28. The molecule has 1 fully saturated rings. The topological polar surface area (TPSA) is 91.0 Å². The Hall–Kier alpha value is -1.53. The summed E-state index contributed by atoms with van der Waals surface area (Å²) in [5.74, 6) is 0.302. The first-order valence-corrected chi connectivity index (χ1v) is 10.7. The summed E-state index contributed by atoms with van der Waals surface area (Å²) in [4.78, 5) is 25.0. The zero-order valence-corrected chi connectivity index (χ0v) is 17.4. The van der Waals surface area contributed by atoms with Crippen LogP contribution in [0.4, 0.5) is 0 Å². The molecule has 1 aromatic rings. The van der Waals surface area contributed by atoms with E-state index in [-0.39, 0.29) is 24.3 Å². The minimum absolute atomic E-state index is 0.148. The molecule has 6 nitrogen and oxygen atoms in total. The molecule has 0 radical (unpaired) electrons. The average Bonchev–Trinajstić information content (AvgIpc) is 3.03. The number of nitrogens with zero attached hydrogens (tertiary/aromatic N) is 1. The number of carboxylic acids is 1. The highest BCUT2D eigenvalue weighted by molar-refractivity contribution is 6.28. The van der Waals surface area contributed by atoms with E-state index in [1.807, 2.05) is 4.90 Å². The number of rotatable bonds is 12. The van der Waals surface area contributed by atoms with Crippen LogP contribution in [0.1, 0.15) is 70.5 Å². The zero-order chi connectivity index (χ0) is 20.5. The van der Waals surface area contributed by atoms with Crippen LogP contribution in [0, 0.1) is 5.92 Å². The lowest BCUT2D eigenvalue weighted by Gasteiger charge is -2.40. The molecule has 1 aliphatic heterocycles. The van der Waals surface area contributed by atoms with Gasteiger partial charge in [-0.25, -0.2) is 0 Å². The Bertz CT molecular complexity index is 632. The Balaban J connectivity index is 1.80. The van der Waals surface area contributed by atoms with E-state index in [0.717, 1.165) is 32.1 Å².